The summed E-state index contributed by atoms with van der Waals surface area (Å²) in [6.07, 6.45) is 4.48. The maximum Gasteiger partial charge on any atom is 0.254 e. The van der Waals surface area contributed by atoms with E-state index in [0.29, 0.717) is 17.9 Å². The van der Waals surface area contributed by atoms with Gasteiger partial charge in [0.1, 0.15) is 18.1 Å². The molecule has 1 aliphatic heterocycles. The van der Waals surface area contributed by atoms with Crippen molar-refractivity contribution in [2.45, 2.75) is 19.6 Å². The van der Waals surface area contributed by atoms with Gasteiger partial charge in [-0.05, 0) is 48.4 Å². The average molecular weight is 432 g/mol. The molecule has 1 aromatic heterocycles. The lowest BCUT2D eigenvalue weighted by Gasteiger charge is -2.22. The third kappa shape index (κ3) is 5.86. The second-order valence-corrected chi connectivity index (χ2v) is 7.95. The van der Waals surface area contributed by atoms with Crippen molar-refractivity contribution in [3.63, 3.8) is 0 Å². The second-order valence-electron chi connectivity index (χ2n) is 7.95. The number of hydrogen-bond donors (Lipinski definition) is 0. The number of carbonyl (C=O) groups is 1. The summed E-state index contributed by atoms with van der Waals surface area (Å²) < 4.78 is 11.1. The Bertz CT molecular complexity index is 1010. The quantitative estimate of drug-likeness (QED) is 0.566. The maximum absolute atomic E-state index is 13.1. The van der Waals surface area contributed by atoms with Gasteiger partial charge in [0.05, 0.1) is 7.11 Å². The van der Waals surface area contributed by atoms with Crippen LogP contribution < -0.4 is 9.47 Å². The molecule has 0 saturated carbocycles. The van der Waals surface area contributed by atoms with Gasteiger partial charge in [0, 0.05) is 56.2 Å². The molecule has 0 radical (unpaired) electrons. The van der Waals surface area contributed by atoms with E-state index in [1.807, 2.05) is 53.4 Å². The zero-order chi connectivity index (χ0) is 22.2. The van der Waals surface area contributed by atoms with E-state index >= 15 is 0 Å². The van der Waals surface area contributed by atoms with Crippen LogP contribution >= 0.6 is 0 Å². The van der Waals surface area contributed by atoms with Crippen LogP contribution in [-0.4, -0.2) is 54.0 Å². The molecule has 32 heavy (non-hydrogen) atoms. The summed E-state index contributed by atoms with van der Waals surface area (Å²) >= 11 is 0. The topological polar surface area (TPSA) is 54.9 Å². The molecule has 0 N–H and O–H groups in total. The Kier molecular flexibility index (Phi) is 7.35. The standard InChI is InChI=1S/C26H29N3O3/c1-31-24-10-8-21(9-11-24)19-28-13-4-14-29(16-15-28)26(30)23-6-2-7-25(17-23)32-20-22-5-3-12-27-18-22/h2-3,5-12,17-18H,4,13-16,19-20H2,1H3. The molecule has 1 fully saturated rings. The van der Waals surface area contributed by atoms with E-state index in [9.17, 15) is 4.79 Å². The number of benzene rings is 2. The molecular weight excluding hydrogens is 402 g/mol. The normalized spacial score (nSPS) is 14.6. The van der Waals surface area contributed by atoms with Gasteiger partial charge >= 0.3 is 0 Å². The molecule has 0 atom stereocenters. The van der Waals surface area contributed by atoms with Crippen LogP contribution in [-0.2, 0) is 13.2 Å². The largest absolute Gasteiger partial charge is 0.497 e. The Morgan fingerprint density at radius 3 is 2.59 bits per heavy atom. The van der Waals surface area contributed by atoms with Crippen molar-refractivity contribution >= 4 is 5.91 Å². The minimum absolute atomic E-state index is 0.0584. The third-order valence-corrected chi connectivity index (χ3v) is 5.65. The highest BCUT2D eigenvalue weighted by molar-refractivity contribution is 5.94. The smallest absolute Gasteiger partial charge is 0.254 e. The predicted molar refractivity (Wildman–Crippen MR) is 124 cm³/mol. The van der Waals surface area contributed by atoms with Gasteiger partial charge in [0.15, 0.2) is 0 Å². The number of pyridine rings is 1. The molecule has 1 saturated heterocycles. The van der Waals surface area contributed by atoms with Crippen LogP contribution in [0.1, 0.15) is 27.9 Å². The summed E-state index contributed by atoms with van der Waals surface area (Å²) in [6, 6.07) is 19.5. The monoisotopic (exact) mass is 431 g/mol. The molecule has 4 rings (SSSR count). The number of carbonyl (C=O) groups excluding carboxylic acids is 1. The SMILES string of the molecule is COc1ccc(CN2CCCN(C(=O)c3cccc(OCc4cccnc4)c3)CC2)cc1. The van der Waals surface area contributed by atoms with E-state index in [0.717, 1.165) is 50.5 Å². The number of rotatable bonds is 7. The summed E-state index contributed by atoms with van der Waals surface area (Å²) in [4.78, 5) is 21.6. The van der Waals surface area contributed by atoms with Crippen LogP contribution in [0.4, 0.5) is 0 Å². The van der Waals surface area contributed by atoms with E-state index in [1.165, 1.54) is 5.56 Å². The van der Waals surface area contributed by atoms with Gasteiger partial charge in [0.2, 0.25) is 0 Å². The molecule has 0 unspecified atom stereocenters. The first kappa shape index (κ1) is 21.8. The molecule has 2 heterocycles. The lowest BCUT2D eigenvalue weighted by Crippen LogP contribution is -2.35. The Morgan fingerprint density at radius 1 is 0.938 bits per heavy atom. The molecule has 0 bridgehead atoms. The summed E-state index contributed by atoms with van der Waals surface area (Å²) in [5.41, 5.74) is 2.91. The first-order chi connectivity index (χ1) is 15.7. The maximum atomic E-state index is 13.1. The van der Waals surface area contributed by atoms with Crippen molar-refractivity contribution in [2.75, 3.05) is 33.3 Å². The van der Waals surface area contributed by atoms with E-state index < -0.39 is 0 Å². The van der Waals surface area contributed by atoms with Gasteiger partial charge in [-0.15, -0.1) is 0 Å². The molecule has 2 aromatic carbocycles. The van der Waals surface area contributed by atoms with Crippen LogP contribution in [0, 0.1) is 0 Å². The minimum atomic E-state index is 0.0584. The molecule has 6 nitrogen and oxygen atoms in total. The Labute approximate surface area is 189 Å². The van der Waals surface area contributed by atoms with Gasteiger partial charge in [-0.25, -0.2) is 0 Å². The van der Waals surface area contributed by atoms with Crippen molar-refractivity contribution in [3.05, 3.63) is 89.7 Å². The van der Waals surface area contributed by atoms with Crippen LogP contribution in [0.2, 0.25) is 0 Å². The summed E-state index contributed by atoms with van der Waals surface area (Å²) in [5.74, 6) is 1.62. The average Bonchev–Trinajstić information content (AvgIpc) is 3.09. The van der Waals surface area contributed by atoms with Crippen LogP contribution in [0.15, 0.2) is 73.1 Å². The highest BCUT2D eigenvalue weighted by Crippen LogP contribution is 2.18. The number of methoxy groups -OCH3 is 1. The van der Waals surface area contributed by atoms with Gasteiger partial charge in [-0.2, -0.15) is 0 Å². The number of hydrogen-bond acceptors (Lipinski definition) is 5. The van der Waals surface area contributed by atoms with Crippen molar-refractivity contribution in [1.29, 1.82) is 0 Å². The fourth-order valence-corrected chi connectivity index (χ4v) is 3.87. The number of ether oxygens (including phenoxy) is 2. The number of nitrogens with zero attached hydrogens (tertiary/aromatic N) is 3. The Morgan fingerprint density at radius 2 is 1.81 bits per heavy atom. The molecule has 166 valence electrons. The molecular formula is C26H29N3O3. The predicted octanol–water partition coefficient (Wildman–Crippen LogP) is 4.02. The molecule has 6 heteroatoms. The van der Waals surface area contributed by atoms with E-state index in [2.05, 4.69) is 22.0 Å². The Balaban J connectivity index is 1.33. The lowest BCUT2D eigenvalue weighted by molar-refractivity contribution is 0.0760. The fraction of sp³-hybridized carbons (Fsp3) is 0.308. The molecule has 1 aliphatic rings. The first-order valence-electron chi connectivity index (χ1n) is 11.0. The summed E-state index contributed by atoms with van der Waals surface area (Å²) in [7, 11) is 1.68. The van der Waals surface area contributed by atoms with E-state index in [-0.39, 0.29) is 5.91 Å². The van der Waals surface area contributed by atoms with Crippen LogP contribution in [0.5, 0.6) is 11.5 Å². The van der Waals surface area contributed by atoms with Crippen LogP contribution in [0.25, 0.3) is 0 Å². The van der Waals surface area contributed by atoms with Gasteiger partial charge < -0.3 is 14.4 Å². The second kappa shape index (κ2) is 10.8. The van der Waals surface area contributed by atoms with E-state index in [1.54, 1.807) is 19.5 Å². The molecule has 0 aliphatic carbocycles. The third-order valence-electron chi connectivity index (χ3n) is 5.65. The van der Waals surface area contributed by atoms with Gasteiger partial charge in [-0.1, -0.05) is 24.3 Å². The van der Waals surface area contributed by atoms with Crippen molar-refractivity contribution < 1.29 is 14.3 Å². The highest BCUT2D eigenvalue weighted by atomic mass is 16.5. The van der Waals surface area contributed by atoms with E-state index in [4.69, 9.17) is 9.47 Å². The number of amides is 1. The fourth-order valence-electron chi connectivity index (χ4n) is 3.87. The van der Waals surface area contributed by atoms with Gasteiger partial charge in [0.25, 0.3) is 5.91 Å². The highest BCUT2D eigenvalue weighted by Gasteiger charge is 2.21. The minimum Gasteiger partial charge on any atom is -0.497 e. The molecule has 1 amide bonds. The molecule has 3 aromatic rings. The van der Waals surface area contributed by atoms with Crippen molar-refractivity contribution in [2.24, 2.45) is 0 Å². The van der Waals surface area contributed by atoms with Gasteiger partial charge in [-0.3, -0.25) is 14.7 Å². The zero-order valence-corrected chi connectivity index (χ0v) is 18.4. The lowest BCUT2D eigenvalue weighted by atomic mass is 10.2. The summed E-state index contributed by atoms with van der Waals surface area (Å²) in [5, 5.41) is 0. The first-order valence-corrected chi connectivity index (χ1v) is 11.0. The van der Waals surface area contributed by atoms with Crippen LogP contribution in [0.3, 0.4) is 0 Å². The van der Waals surface area contributed by atoms with Crippen molar-refractivity contribution in [1.82, 2.24) is 14.8 Å². The molecule has 0 spiro atoms. The Hall–Kier alpha value is -3.38. The zero-order valence-electron chi connectivity index (χ0n) is 18.4. The van der Waals surface area contributed by atoms with Crippen molar-refractivity contribution in [3.8, 4) is 11.5 Å². The summed E-state index contributed by atoms with van der Waals surface area (Å²) in [6.45, 7) is 4.62. The number of aromatic nitrogens is 1.